The summed E-state index contributed by atoms with van der Waals surface area (Å²) in [5.74, 6) is 0. The van der Waals surface area contributed by atoms with Crippen molar-refractivity contribution in [3.63, 3.8) is 0 Å². The van der Waals surface area contributed by atoms with Crippen LogP contribution >= 0.6 is 0 Å². The van der Waals surface area contributed by atoms with Gasteiger partial charge in [0.25, 0.3) is 0 Å². The van der Waals surface area contributed by atoms with Crippen LogP contribution in [0, 0.1) is 0 Å². The molecule has 0 aromatic heterocycles. The quantitative estimate of drug-likeness (QED) is 0.545. The van der Waals surface area contributed by atoms with E-state index in [-0.39, 0.29) is 5.25 Å². The van der Waals surface area contributed by atoms with Gasteiger partial charge in [-0.05, 0) is 6.92 Å². The fraction of sp³-hybridized carbons (Fsp3) is 1.00. The smallest absolute Gasteiger partial charge is 0.0439 e. The Morgan fingerprint density at radius 1 is 1.86 bits per heavy atom. The molecule has 2 nitrogen and oxygen atoms in total. The van der Waals surface area contributed by atoms with Crippen molar-refractivity contribution < 1.29 is 4.21 Å². The second-order valence-corrected chi connectivity index (χ2v) is 3.35. The van der Waals surface area contributed by atoms with Crippen LogP contribution in [-0.2, 0) is 10.8 Å². The summed E-state index contributed by atoms with van der Waals surface area (Å²) in [4.78, 5) is 0. The largest absolute Gasteiger partial charge is 0.329 e. The van der Waals surface area contributed by atoms with E-state index in [1.807, 2.05) is 6.92 Å². The van der Waals surface area contributed by atoms with E-state index in [0.717, 1.165) is 0 Å². The molecule has 0 aliphatic heterocycles. The van der Waals surface area contributed by atoms with Crippen LogP contribution in [0.15, 0.2) is 0 Å². The van der Waals surface area contributed by atoms with Crippen molar-refractivity contribution in [2.75, 3.05) is 12.8 Å². The predicted molar refractivity (Wildman–Crippen MR) is 32.6 cm³/mol. The molecule has 0 fully saturated rings. The molecule has 2 N–H and O–H groups in total. The molecule has 3 heteroatoms. The van der Waals surface area contributed by atoms with Crippen LogP contribution in [0.5, 0.6) is 0 Å². The van der Waals surface area contributed by atoms with Crippen molar-refractivity contribution in [1.82, 2.24) is 0 Å². The average Bonchev–Trinajstić information content (AvgIpc) is 1.65. The molecule has 0 heterocycles. The zero-order chi connectivity index (χ0) is 5.86. The van der Waals surface area contributed by atoms with Crippen molar-refractivity contribution in [3.05, 3.63) is 0 Å². The molecule has 0 aromatic rings. The van der Waals surface area contributed by atoms with Gasteiger partial charge in [-0.1, -0.05) is 0 Å². The minimum absolute atomic E-state index is 0.153. The highest BCUT2D eigenvalue weighted by Crippen LogP contribution is 1.85. The molecule has 0 saturated carbocycles. The van der Waals surface area contributed by atoms with E-state index < -0.39 is 10.8 Å². The number of rotatable bonds is 2. The second kappa shape index (κ2) is 3.16. The number of hydrogen-bond donors (Lipinski definition) is 1. The summed E-state index contributed by atoms with van der Waals surface area (Å²) in [6, 6.07) is 0. The maximum Gasteiger partial charge on any atom is 0.0439 e. The molecule has 0 bridgehead atoms. The fourth-order valence-electron chi connectivity index (χ4n) is 0.136. The summed E-state index contributed by atoms with van der Waals surface area (Å²) in [5.41, 5.74) is 5.18. The summed E-state index contributed by atoms with van der Waals surface area (Å²) in [6.07, 6.45) is 1.66. The molecule has 0 aliphatic rings. The average molecular weight is 121 g/mol. The first kappa shape index (κ1) is 7.11. The van der Waals surface area contributed by atoms with Gasteiger partial charge in [-0.3, -0.25) is 4.21 Å². The van der Waals surface area contributed by atoms with Gasteiger partial charge < -0.3 is 5.73 Å². The second-order valence-electron chi connectivity index (χ2n) is 1.54. The zero-order valence-corrected chi connectivity index (χ0v) is 5.49. The van der Waals surface area contributed by atoms with Crippen molar-refractivity contribution in [2.24, 2.45) is 5.73 Å². The first-order valence-electron chi connectivity index (χ1n) is 2.20. The fourth-order valence-corrected chi connectivity index (χ4v) is 0.407. The van der Waals surface area contributed by atoms with Crippen LogP contribution in [-0.4, -0.2) is 22.3 Å². The Bertz CT molecular complexity index is 74.1. The molecule has 2 atom stereocenters. The summed E-state index contributed by atoms with van der Waals surface area (Å²) in [7, 11) is -0.735. The van der Waals surface area contributed by atoms with Crippen molar-refractivity contribution in [1.29, 1.82) is 0 Å². The molecule has 0 spiro atoms. The van der Waals surface area contributed by atoms with Crippen LogP contribution in [0.1, 0.15) is 6.92 Å². The van der Waals surface area contributed by atoms with Crippen molar-refractivity contribution >= 4 is 10.8 Å². The Labute approximate surface area is 46.5 Å². The molecule has 0 saturated heterocycles. The van der Waals surface area contributed by atoms with E-state index in [9.17, 15) is 4.21 Å². The van der Waals surface area contributed by atoms with Gasteiger partial charge in [-0.2, -0.15) is 0 Å². The Kier molecular flexibility index (Phi) is 3.21. The molecule has 44 valence electrons. The molecule has 0 rings (SSSR count). The molecule has 0 radical (unpaired) electrons. The van der Waals surface area contributed by atoms with Crippen LogP contribution < -0.4 is 5.73 Å². The van der Waals surface area contributed by atoms with Crippen LogP contribution in [0.25, 0.3) is 0 Å². The lowest BCUT2D eigenvalue weighted by Gasteiger charge is -1.99. The summed E-state index contributed by atoms with van der Waals surface area (Å²) >= 11 is 0. The molecule has 0 aliphatic carbocycles. The maximum absolute atomic E-state index is 10.4. The zero-order valence-electron chi connectivity index (χ0n) is 4.68. The number of hydrogen-bond acceptors (Lipinski definition) is 2. The Hall–Kier alpha value is 0.110. The van der Waals surface area contributed by atoms with Crippen LogP contribution in [0.3, 0.4) is 0 Å². The molecule has 0 amide bonds. The highest BCUT2D eigenvalue weighted by Gasteiger charge is 1.99. The van der Waals surface area contributed by atoms with Gasteiger partial charge >= 0.3 is 0 Å². The lowest BCUT2D eigenvalue weighted by Crippen LogP contribution is -2.20. The van der Waals surface area contributed by atoms with Crippen LogP contribution in [0.4, 0.5) is 0 Å². The van der Waals surface area contributed by atoms with E-state index in [0.29, 0.717) is 6.54 Å². The first-order valence-corrected chi connectivity index (χ1v) is 3.83. The van der Waals surface area contributed by atoms with E-state index in [1.54, 1.807) is 6.26 Å². The third-order valence-electron chi connectivity index (χ3n) is 0.899. The normalized spacial score (nSPS) is 18.7. The van der Waals surface area contributed by atoms with Gasteiger partial charge in [0.1, 0.15) is 0 Å². The van der Waals surface area contributed by atoms with Gasteiger partial charge in [-0.15, -0.1) is 0 Å². The third-order valence-corrected chi connectivity index (χ3v) is 2.22. The molecule has 0 aromatic carbocycles. The topological polar surface area (TPSA) is 43.1 Å². The lowest BCUT2D eigenvalue weighted by molar-refractivity contribution is 0.677. The van der Waals surface area contributed by atoms with Gasteiger partial charge in [0.05, 0.1) is 0 Å². The first-order chi connectivity index (χ1) is 3.18. The predicted octanol–water partition coefficient (Wildman–Crippen LogP) is -0.288. The highest BCUT2D eigenvalue weighted by atomic mass is 32.2. The molecular formula is C4H11NOS. The molecule has 0 unspecified atom stereocenters. The summed E-state index contributed by atoms with van der Waals surface area (Å²) < 4.78 is 10.4. The third kappa shape index (κ3) is 2.76. The lowest BCUT2D eigenvalue weighted by atomic mass is 10.5. The van der Waals surface area contributed by atoms with E-state index in [1.165, 1.54) is 0 Å². The minimum atomic E-state index is -0.735. The van der Waals surface area contributed by atoms with Gasteiger partial charge in [0.2, 0.25) is 0 Å². The summed E-state index contributed by atoms with van der Waals surface area (Å²) in [6.45, 7) is 2.39. The van der Waals surface area contributed by atoms with E-state index in [4.69, 9.17) is 5.73 Å². The van der Waals surface area contributed by atoms with Crippen molar-refractivity contribution in [2.45, 2.75) is 12.2 Å². The molecular weight excluding hydrogens is 110 g/mol. The SMILES string of the molecule is C[C@@H](CN)[S@@](C)=O. The minimum Gasteiger partial charge on any atom is -0.329 e. The number of nitrogens with two attached hydrogens (primary N) is 1. The van der Waals surface area contributed by atoms with Crippen LogP contribution in [0.2, 0.25) is 0 Å². The van der Waals surface area contributed by atoms with E-state index >= 15 is 0 Å². The highest BCUT2D eigenvalue weighted by molar-refractivity contribution is 7.84. The van der Waals surface area contributed by atoms with Crippen molar-refractivity contribution in [3.8, 4) is 0 Å². The Morgan fingerprint density at radius 3 is 2.29 bits per heavy atom. The maximum atomic E-state index is 10.4. The van der Waals surface area contributed by atoms with Gasteiger partial charge in [0, 0.05) is 28.9 Å². The Balaban J connectivity index is 3.34. The van der Waals surface area contributed by atoms with Gasteiger partial charge in [-0.25, -0.2) is 0 Å². The monoisotopic (exact) mass is 121 g/mol. The Morgan fingerprint density at radius 2 is 2.29 bits per heavy atom. The standard InChI is InChI=1S/C4H11NOS/c1-4(3-5)7(2)6/h4H,3,5H2,1-2H3/t4-,7+/m0/s1. The van der Waals surface area contributed by atoms with Gasteiger partial charge in [0.15, 0.2) is 0 Å². The molecule has 7 heavy (non-hydrogen) atoms. The summed E-state index contributed by atoms with van der Waals surface area (Å²) in [5, 5.41) is 0.153. The van der Waals surface area contributed by atoms with E-state index in [2.05, 4.69) is 0 Å².